The van der Waals surface area contributed by atoms with E-state index in [0.29, 0.717) is 31.7 Å². The summed E-state index contributed by atoms with van der Waals surface area (Å²) >= 11 is 0. The normalized spacial score (nSPS) is 16.8. The first-order valence-corrected chi connectivity index (χ1v) is 10.4. The van der Waals surface area contributed by atoms with Crippen LogP contribution in [0.3, 0.4) is 0 Å². The van der Waals surface area contributed by atoms with Crippen LogP contribution in [0.25, 0.3) is 0 Å². The molecule has 1 aromatic carbocycles. The number of benzene rings is 1. The molecule has 0 spiro atoms. The van der Waals surface area contributed by atoms with Crippen molar-refractivity contribution < 1.29 is 14.5 Å². The van der Waals surface area contributed by atoms with Crippen molar-refractivity contribution in [2.45, 2.75) is 19.3 Å². The average Bonchev–Trinajstić information content (AvgIpc) is 2.84. The number of hydrogen-bond acceptors (Lipinski definition) is 7. The number of piperazine rings is 1. The molecule has 0 unspecified atom stereocenters. The fraction of sp³-hybridized carbons (Fsp3) is 0.429. The minimum absolute atomic E-state index is 0.0967. The smallest absolute Gasteiger partial charge is 0.274 e. The van der Waals surface area contributed by atoms with E-state index in [1.165, 1.54) is 30.7 Å². The van der Waals surface area contributed by atoms with Crippen molar-refractivity contribution in [1.29, 1.82) is 0 Å². The van der Waals surface area contributed by atoms with Crippen molar-refractivity contribution in [3.05, 3.63) is 58.2 Å². The highest BCUT2D eigenvalue weighted by atomic mass is 16.6. The van der Waals surface area contributed by atoms with Crippen LogP contribution < -0.4 is 4.90 Å². The molecule has 2 aliphatic heterocycles. The number of nitro benzene ring substituents is 1. The predicted octanol–water partition coefficient (Wildman–Crippen LogP) is 1.97. The lowest BCUT2D eigenvalue weighted by atomic mass is 10.0. The van der Waals surface area contributed by atoms with Crippen molar-refractivity contribution in [1.82, 2.24) is 19.8 Å². The zero-order chi connectivity index (χ0) is 21.8. The lowest BCUT2D eigenvalue weighted by molar-refractivity contribution is -0.384. The standard InChI is InChI=1S/C21H24N6O4/c28-20(25-10-12-26(13-11-25)21(29)18-15-22-6-7-23-18)17-14-16(27(30)31)4-5-19(17)24-8-2-1-3-9-24/h4-7,14-15H,1-3,8-13H2. The average molecular weight is 424 g/mol. The second-order valence-corrected chi connectivity index (χ2v) is 7.68. The van der Waals surface area contributed by atoms with Gasteiger partial charge in [0.15, 0.2) is 0 Å². The molecule has 0 N–H and O–H groups in total. The maximum Gasteiger partial charge on any atom is 0.274 e. The van der Waals surface area contributed by atoms with Gasteiger partial charge in [0.1, 0.15) is 5.69 Å². The van der Waals surface area contributed by atoms with Gasteiger partial charge in [-0.1, -0.05) is 0 Å². The molecule has 0 aliphatic carbocycles. The van der Waals surface area contributed by atoms with Gasteiger partial charge in [0, 0.05) is 63.8 Å². The van der Waals surface area contributed by atoms with Gasteiger partial charge in [0.25, 0.3) is 17.5 Å². The summed E-state index contributed by atoms with van der Waals surface area (Å²) in [5.74, 6) is -0.458. The van der Waals surface area contributed by atoms with E-state index < -0.39 is 4.92 Å². The van der Waals surface area contributed by atoms with Crippen molar-refractivity contribution in [3.63, 3.8) is 0 Å². The second-order valence-electron chi connectivity index (χ2n) is 7.68. The SMILES string of the molecule is O=C(c1cnccn1)N1CCN(C(=O)c2cc([N+](=O)[O-])ccc2N2CCCCC2)CC1. The van der Waals surface area contributed by atoms with Gasteiger partial charge in [-0.25, -0.2) is 4.98 Å². The van der Waals surface area contributed by atoms with E-state index in [2.05, 4.69) is 14.9 Å². The predicted molar refractivity (Wildman–Crippen MR) is 113 cm³/mol. The van der Waals surface area contributed by atoms with Gasteiger partial charge < -0.3 is 14.7 Å². The fourth-order valence-electron chi connectivity index (χ4n) is 4.07. The Morgan fingerprint density at radius 3 is 2.19 bits per heavy atom. The summed E-state index contributed by atoms with van der Waals surface area (Å²) < 4.78 is 0. The summed E-state index contributed by atoms with van der Waals surface area (Å²) in [5, 5.41) is 11.3. The van der Waals surface area contributed by atoms with Crippen molar-refractivity contribution in [3.8, 4) is 0 Å². The monoisotopic (exact) mass is 424 g/mol. The Kier molecular flexibility index (Phi) is 6.06. The first kappa shape index (κ1) is 20.7. The minimum Gasteiger partial charge on any atom is -0.371 e. The minimum atomic E-state index is -0.478. The fourth-order valence-corrected chi connectivity index (χ4v) is 4.07. The van der Waals surface area contributed by atoms with Crippen LogP contribution in [0.5, 0.6) is 0 Å². The first-order valence-electron chi connectivity index (χ1n) is 10.4. The molecule has 0 atom stereocenters. The molecule has 0 radical (unpaired) electrons. The largest absolute Gasteiger partial charge is 0.371 e. The maximum absolute atomic E-state index is 13.3. The van der Waals surface area contributed by atoms with Gasteiger partial charge in [-0.2, -0.15) is 0 Å². The molecular formula is C21H24N6O4. The number of non-ortho nitro benzene ring substituents is 1. The third-order valence-corrected chi connectivity index (χ3v) is 5.75. The number of nitrogens with zero attached hydrogens (tertiary/aromatic N) is 6. The van der Waals surface area contributed by atoms with E-state index >= 15 is 0 Å². The molecule has 31 heavy (non-hydrogen) atoms. The number of carbonyl (C=O) groups excluding carboxylic acids is 2. The van der Waals surface area contributed by atoms with Gasteiger partial charge in [-0.15, -0.1) is 0 Å². The van der Waals surface area contributed by atoms with Crippen LogP contribution in [-0.4, -0.2) is 75.8 Å². The highest BCUT2D eigenvalue weighted by Crippen LogP contribution is 2.29. The summed E-state index contributed by atoms with van der Waals surface area (Å²) in [6, 6.07) is 4.52. The molecule has 0 bridgehead atoms. The Labute approximate surface area is 179 Å². The molecule has 2 saturated heterocycles. The number of hydrogen-bond donors (Lipinski definition) is 0. The number of anilines is 1. The molecule has 2 amide bonds. The van der Waals surface area contributed by atoms with E-state index in [1.54, 1.807) is 15.9 Å². The van der Waals surface area contributed by atoms with Crippen LogP contribution in [-0.2, 0) is 0 Å². The third-order valence-electron chi connectivity index (χ3n) is 5.75. The molecule has 0 saturated carbocycles. The van der Waals surface area contributed by atoms with E-state index in [9.17, 15) is 19.7 Å². The van der Waals surface area contributed by atoms with Crippen molar-refractivity contribution in [2.24, 2.45) is 0 Å². The van der Waals surface area contributed by atoms with E-state index in [0.717, 1.165) is 38.0 Å². The van der Waals surface area contributed by atoms with Crippen LogP contribution in [0, 0.1) is 10.1 Å². The Morgan fingerprint density at radius 2 is 1.58 bits per heavy atom. The molecular weight excluding hydrogens is 400 g/mol. The lowest BCUT2D eigenvalue weighted by Gasteiger charge is -2.36. The number of rotatable bonds is 4. The highest BCUT2D eigenvalue weighted by Gasteiger charge is 2.29. The van der Waals surface area contributed by atoms with Crippen LogP contribution in [0.2, 0.25) is 0 Å². The molecule has 1 aromatic heterocycles. The Bertz CT molecular complexity index is 969. The third kappa shape index (κ3) is 4.47. The number of nitro groups is 1. The summed E-state index contributed by atoms with van der Waals surface area (Å²) in [5.41, 5.74) is 1.27. The first-order chi connectivity index (χ1) is 15.0. The zero-order valence-corrected chi connectivity index (χ0v) is 17.1. The zero-order valence-electron chi connectivity index (χ0n) is 17.1. The van der Waals surface area contributed by atoms with Crippen LogP contribution in [0.15, 0.2) is 36.8 Å². The number of piperidine rings is 1. The number of amides is 2. The summed E-state index contributed by atoms with van der Waals surface area (Å²) in [4.78, 5) is 50.1. The van der Waals surface area contributed by atoms with Gasteiger partial charge in [0.2, 0.25) is 0 Å². The molecule has 10 heteroatoms. The van der Waals surface area contributed by atoms with Gasteiger partial charge >= 0.3 is 0 Å². The molecule has 4 rings (SSSR count). The number of aromatic nitrogens is 2. The van der Waals surface area contributed by atoms with Crippen LogP contribution >= 0.6 is 0 Å². The van der Waals surface area contributed by atoms with Crippen LogP contribution in [0.4, 0.5) is 11.4 Å². The van der Waals surface area contributed by atoms with E-state index in [-0.39, 0.29) is 23.2 Å². The van der Waals surface area contributed by atoms with Crippen LogP contribution in [0.1, 0.15) is 40.1 Å². The number of carbonyl (C=O) groups is 2. The van der Waals surface area contributed by atoms with Crippen molar-refractivity contribution in [2.75, 3.05) is 44.2 Å². The molecule has 2 aliphatic rings. The molecule has 2 fully saturated rings. The van der Waals surface area contributed by atoms with E-state index in [4.69, 9.17) is 0 Å². The Balaban J connectivity index is 1.51. The molecule has 162 valence electrons. The Morgan fingerprint density at radius 1 is 0.903 bits per heavy atom. The summed E-state index contributed by atoms with van der Waals surface area (Å²) in [6.45, 7) is 3.11. The molecule has 10 nitrogen and oxygen atoms in total. The van der Waals surface area contributed by atoms with E-state index in [1.807, 2.05) is 0 Å². The van der Waals surface area contributed by atoms with Gasteiger partial charge in [-0.05, 0) is 25.3 Å². The molecule has 2 aromatic rings. The van der Waals surface area contributed by atoms with Crippen molar-refractivity contribution >= 4 is 23.2 Å². The highest BCUT2D eigenvalue weighted by molar-refractivity contribution is 6.01. The summed E-state index contributed by atoms with van der Waals surface area (Å²) in [7, 11) is 0. The topological polar surface area (TPSA) is 113 Å². The quantitative estimate of drug-likeness (QED) is 0.545. The maximum atomic E-state index is 13.3. The van der Waals surface area contributed by atoms with Gasteiger partial charge in [0.05, 0.1) is 22.4 Å². The second kappa shape index (κ2) is 9.07. The Hall–Kier alpha value is -3.56. The summed E-state index contributed by atoms with van der Waals surface area (Å²) in [6.07, 6.45) is 7.62. The van der Waals surface area contributed by atoms with Gasteiger partial charge in [-0.3, -0.25) is 24.7 Å². The molecule has 3 heterocycles. The lowest BCUT2D eigenvalue weighted by Crippen LogP contribution is -2.51.